The zero-order valence-corrected chi connectivity index (χ0v) is 13.8. The van der Waals surface area contributed by atoms with Gasteiger partial charge in [0.1, 0.15) is 0 Å². The molecule has 0 aromatic carbocycles. The predicted molar refractivity (Wildman–Crippen MR) is 79.4 cm³/mol. The van der Waals surface area contributed by atoms with E-state index in [1.54, 1.807) is 0 Å². The molecular formula is C14H22BrN3O2. The van der Waals surface area contributed by atoms with E-state index in [0.717, 1.165) is 62.3 Å². The molecule has 6 heteroatoms. The van der Waals surface area contributed by atoms with E-state index >= 15 is 0 Å². The summed E-state index contributed by atoms with van der Waals surface area (Å²) in [6.07, 6.45) is 2.88. The van der Waals surface area contributed by atoms with Gasteiger partial charge in [0, 0.05) is 39.5 Å². The summed E-state index contributed by atoms with van der Waals surface area (Å²) in [7, 11) is 2.02. The number of hydrogen-bond acceptors (Lipinski definition) is 4. The maximum Gasteiger partial charge on any atom is 0.170 e. The molecule has 0 atom stereocenters. The lowest BCUT2D eigenvalue weighted by Crippen LogP contribution is -2.44. The minimum Gasteiger partial charge on any atom is -0.347 e. The third-order valence-electron chi connectivity index (χ3n) is 4.31. The van der Waals surface area contributed by atoms with Crippen molar-refractivity contribution in [2.24, 2.45) is 7.05 Å². The SMILES string of the molecule is CCc1nn(C)c(CN2CCC3(CC2)OCCO3)c1Br. The van der Waals surface area contributed by atoms with Crippen molar-refractivity contribution >= 4 is 15.9 Å². The van der Waals surface area contributed by atoms with Crippen molar-refractivity contribution in [3.8, 4) is 0 Å². The smallest absolute Gasteiger partial charge is 0.170 e. The lowest BCUT2D eigenvalue weighted by molar-refractivity contribution is -0.185. The summed E-state index contributed by atoms with van der Waals surface area (Å²) in [5, 5.41) is 4.56. The van der Waals surface area contributed by atoms with Crippen molar-refractivity contribution in [1.29, 1.82) is 0 Å². The molecule has 0 amide bonds. The highest BCUT2D eigenvalue weighted by Gasteiger charge is 2.39. The number of ether oxygens (including phenoxy) is 2. The van der Waals surface area contributed by atoms with Crippen LogP contribution in [0.4, 0.5) is 0 Å². The minimum atomic E-state index is -0.283. The average molecular weight is 344 g/mol. The highest BCUT2D eigenvalue weighted by Crippen LogP contribution is 2.32. The van der Waals surface area contributed by atoms with Gasteiger partial charge in [0.2, 0.25) is 0 Å². The van der Waals surface area contributed by atoms with Crippen LogP contribution in [-0.2, 0) is 29.5 Å². The Morgan fingerprint density at radius 2 is 1.90 bits per heavy atom. The molecule has 2 aliphatic heterocycles. The lowest BCUT2D eigenvalue weighted by atomic mass is 10.0. The maximum atomic E-state index is 5.77. The molecule has 112 valence electrons. The molecule has 0 saturated carbocycles. The van der Waals surface area contributed by atoms with E-state index in [1.165, 1.54) is 5.69 Å². The molecule has 20 heavy (non-hydrogen) atoms. The first-order chi connectivity index (χ1) is 9.63. The molecule has 0 radical (unpaired) electrons. The molecule has 3 heterocycles. The largest absolute Gasteiger partial charge is 0.347 e. The summed E-state index contributed by atoms with van der Waals surface area (Å²) in [5.41, 5.74) is 2.39. The molecule has 2 saturated heterocycles. The van der Waals surface area contributed by atoms with Gasteiger partial charge in [-0.25, -0.2) is 0 Å². The van der Waals surface area contributed by atoms with Gasteiger partial charge in [0.05, 0.1) is 29.1 Å². The highest BCUT2D eigenvalue weighted by atomic mass is 79.9. The van der Waals surface area contributed by atoms with Crippen LogP contribution in [0.2, 0.25) is 0 Å². The molecular weight excluding hydrogens is 322 g/mol. The molecule has 0 bridgehead atoms. The first-order valence-electron chi connectivity index (χ1n) is 7.34. The summed E-state index contributed by atoms with van der Waals surface area (Å²) in [6.45, 7) is 6.58. The fourth-order valence-electron chi connectivity index (χ4n) is 3.04. The van der Waals surface area contributed by atoms with Gasteiger partial charge in [-0.3, -0.25) is 9.58 Å². The second-order valence-electron chi connectivity index (χ2n) is 5.57. The van der Waals surface area contributed by atoms with Gasteiger partial charge in [0.25, 0.3) is 0 Å². The van der Waals surface area contributed by atoms with Crippen LogP contribution < -0.4 is 0 Å². The zero-order chi connectivity index (χ0) is 14.2. The van der Waals surface area contributed by atoms with Crippen molar-refractivity contribution in [3.05, 3.63) is 15.9 Å². The van der Waals surface area contributed by atoms with Gasteiger partial charge in [-0.1, -0.05) is 6.92 Å². The van der Waals surface area contributed by atoms with Crippen LogP contribution >= 0.6 is 15.9 Å². The molecule has 2 aliphatic rings. The van der Waals surface area contributed by atoms with Gasteiger partial charge in [-0.15, -0.1) is 0 Å². The van der Waals surface area contributed by atoms with E-state index in [9.17, 15) is 0 Å². The molecule has 1 aromatic rings. The van der Waals surface area contributed by atoms with Crippen molar-refractivity contribution in [2.45, 2.75) is 38.5 Å². The van der Waals surface area contributed by atoms with Crippen LogP contribution in [0.3, 0.4) is 0 Å². The van der Waals surface area contributed by atoms with Crippen LogP contribution in [0, 0.1) is 0 Å². The van der Waals surface area contributed by atoms with Crippen LogP contribution in [0.15, 0.2) is 4.47 Å². The Bertz CT molecular complexity index is 473. The Labute approximate surface area is 128 Å². The Morgan fingerprint density at radius 3 is 2.45 bits per heavy atom. The number of hydrogen-bond donors (Lipinski definition) is 0. The predicted octanol–water partition coefficient (Wildman–Crippen LogP) is 2.08. The summed E-state index contributed by atoms with van der Waals surface area (Å²) in [6, 6.07) is 0. The second kappa shape index (κ2) is 5.75. The standard InChI is InChI=1S/C14H22BrN3O2/c1-3-11-13(15)12(17(2)16-11)10-18-6-4-14(5-7-18)19-8-9-20-14/h3-10H2,1-2H3. The van der Waals surface area contributed by atoms with Gasteiger partial charge in [-0.2, -0.15) is 5.10 Å². The number of nitrogens with zero attached hydrogens (tertiary/aromatic N) is 3. The van der Waals surface area contributed by atoms with E-state index in [-0.39, 0.29) is 5.79 Å². The van der Waals surface area contributed by atoms with Crippen molar-refractivity contribution in [2.75, 3.05) is 26.3 Å². The van der Waals surface area contributed by atoms with E-state index < -0.39 is 0 Å². The van der Waals surface area contributed by atoms with Gasteiger partial charge >= 0.3 is 0 Å². The number of aryl methyl sites for hydroxylation is 2. The number of halogens is 1. The summed E-state index contributed by atoms with van der Waals surface area (Å²) >= 11 is 3.69. The molecule has 5 nitrogen and oxygen atoms in total. The summed E-state index contributed by atoms with van der Waals surface area (Å²) < 4.78 is 14.7. The van der Waals surface area contributed by atoms with Gasteiger partial charge < -0.3 is 9.47 Å². The van der Waals surface area contributed by atoms with Crippen LogP contribution in [0.25, 0.3) is 0 Å². The van der Waals surface area contributed by atoms with Crippen LogP contribution in [0.5, 0.6) is 0 Å². The monoisotopic (exact) mass is 343 g/mol. The molecule has 2 fully saturated rings. The van der Waals surface area contributed by atoms with Crippen LogP contribution in [0.1, 0.15) is 31.2 Å². The molecule has 0 aliphatic carbocycles. The topological polar surface area (TPSA) is 39.5 Å². The third kappa shape index (κ3) is 2.66. The fraction of sp³-hybridized carbons (Fsp3) is 0.786. The number of rotatable bonds is 3. The zero-order valence-electron chi connectivity index (χ0n) is 12.2. The number of piperidine rings is 1. The Kier molecular flexibility index (Phi) is 4.17. The van der Waals surface area contributed by atoms with E-state index in [4.69, 9.17) is 9.47 Å². The first-order valence-corrected chi connectivity index (χ1v) is 8.13. The van der Waals surface area contributed by atoms with Crippen molar-refractivity contribution in [1.82, 2.24) is 14.7 Å². The highest BCUT2D eigenvalue weighted by molar-refractivity contribution is 9.10. The minimum absolute atomic E-state index is 0.283. The van der Waals surface area contributed by atoms with Crippen molar-refractivity contribution in [3.63, 3.8) is 0 Å². The number of likely N-dealkylation sites (tertiary alicyclic amines) is 1. The fourth-order valence-corrected chi connectivity index (χ4v) is 3.78. The Balaban J connectivity index is 1.63. The quantitative estimate of drug-likeness (QED) is 0.842. The van der Waals surface area contributed by atoms with E-state index in [0.29, 0.717) is 0 Å². The molecule has 0 unspecified atom stereocenters. The van der Waals surface area contributed by atoms with Gasteiger partial charge in [-0.05, 0) is 22.4 Å². The normalized spacial score (nSPS) is 22.8. The lowest BCUT2D eigenvalue weighted by Gasteiger charge is -2.37. The maximum absolute atomic E-state index is 5.77. The summed E-state index contributed by atoms with van der Waals surface area (Å²) in [5.74, 6) is -0.283. The first kappa shape index (κ1) is 14.5. The number of aromatic nitrogens is 2. The average Bonchev–Trinajstić information content (AvgIpc) is 3.01. The molecule has 0 N–H and O–H groups in total. The van der Waals surface area contributed by atoms with E-state index in [2.05, 4.69) is 32.9 Å². The van der Waals surface area contributed by atoms with Crippen LogP contribution in [-0.4, -0.2) is 46.8 Å². The van der Waals surface area contributed by atoms with E-state index in [1.807, 2.05) is 11.7 Å². The molecule has 3 rings (SSSR count). The van der Waals surface area contributed by atoms with Gasteiger partial charge in [0.15, 0.2) is 5.79 Å². The molecule has 1 aromatic heterocycles. The Morgan fingerprint density at radius 1 is 1.25 bits per heavy atom. The third-order valence-corrected chi connectivity index (χ3v) is 5.22. The van der Waals surface area contributed by atoms with Crippen molar-refractivity contribution < 1.29 is 9.47 Å². The Hall–Kier alpha value is -0.430. The molecule has 1 spiro atoms. The second-order valence-corrected chi connectivity index (χ2v) is 6.36. The summed E-state index contributed by atoms with van der Waals surface area (Å²) in [4.78, 5) is 2.46.